The van der Waals surface area contributed by atoms with Crippen LogP contribution in [0.1, 0.15) is 23.6 Å². The van der Waals surface area contributed by atoms with Crippen LogP contribution in [0.5, 0.6) is 0 Å². The van der Waals surface area contributed by atoms with Gasteiger partial charge in [0.1, 0.15) is 6.79 Å². The second kappa shape index (κ2) is 6.23. The van der Waals surface area contributed by atoms with E-state index in [-0.39, 0.29) is 12.9 Å². The van der Waals surface area contributed by atoms with Crippen LogP contribution in [-0.4, -0.2) is 31.2 Å². The SMILES string of the molecule is COCO[C@@H]1CCc2cccc(Cl)c2[C@@H]1NC(=O)O. The van der Waals surface area contributed by atoms with Crippen LogP contribution in [0.4, 0.5) is 4.79 Å². The van der Waals surface area contributed by atoms with Crippen molar-refractivity contribution in [2.45, 2.75) is 25.0 Å². The summed E-state index contributed by atoms with van der Waals surface area (Å²) in [5.41, 5.74) is 1.86. The lowest BCUT2D eigenvalue weighted by Gasteiger charge is -2.33. The Morgan fingerprint density at radius 3 is 3.05 bits per heavy atom. The van der Waals surface area contributed by atoms with Crippen LogP contribution in [0.15, 0.2) is 18.2 Å². The van der Waals surface area contributed by atoms with Gasteiger partial charge in [0.15, 0.2) is 0 Å². The van der Waals surface area contributed by atoms with E-state index in [2.05, 4.69) is 5.32 Å². The summed E-state index contributed by atoms with van der Waals surface area (Å²) in [5, 5.41) is 12.0. The Morgan fingerprint density at radius 1 is 1.58 bits per heavy atom. The third-order valence-electron chi connectivity index (χ3n) is 3.20. The highest BCUT2D eigenvalue weighted by molar-refractivity contribution is 6.31. The van der Waals surface area contributed by atoms with Gasteiger partial charge in [-0.2, -0.15) is 0 Å². The van der Waals surface area contributed by atoms with Gasteiger partial charge in [-0.3, -0.25) is 0 Å². The van der Waals surface area contributed by atoms with Crippen LogP contribution in [0.25, 0.3) is 0 Å². The minimum atomic E-state index is -1.09. The third-order valence-corrected chi connectivity index (χ3v) is 3.53. The van der Waals surface area contributed by atoms with Crippen molar-refractivity contribution in [2.75, 3.05) is 13.9 Å². The summed E-state index contributed by atoms with van der Waals surface area (Å²) in [6.45, 7) is 0.127. The molecule has 0 radical (unpaired) electrons. The van der Waals surface area contributed by atoms with Crippen molar-refractivity contribution in [3.8, 4) is 0 Å². The van der Waals surface area contributed by atoms with Crippen molar-refractivity contribution >= 4 is 17.7 Å². The Hall–Kier alpha value is -1.30. The zero-order chi connectivity index (χ0) is 13.8. The van der Waals surface area contributed by atoms with E-state index in [1.165, 1.54) is 7.11 Å². The molecule has 0 fully saturated rings. The fourth-order valence-corrected chi connectivity index (χ4v) is 2.74. The summed E-state index contributed by atoms with van der Waals surface area (Å²) < 4.78 is 10.4. The average molecular weight is 286 g/mol. The van der Waals surface area contributed by atoms with Gasteiger partial charge in [-0.15, -0.1) is 0 Å². The number of rotatable bonds is 4. The van der Waals surface area contributed by atoms with Crippen LogP contribution >= 0.6 is 11.6 Å². The highest BCUT2D eigenvalue weighted by Crippen LogP contribution is 2.36. The Labute approximate surface area is 116 Å². The first-order valence-corrected chi connectivity index (χ1v) is 6.38. The molecule has 0 heterocycles. The molecule has 6 heteroatoms. The topological polar surface area (TPSA) is 67.8 Å². The highest BCUT2D eigenvalue weighted by Gasteiger charge is 2.33. The zero-order valence-electron chi connectivity index (χ0n) is 10.6. The molecule has 0 bridgehead atoms. The summed E-state index contributed by atoms with van der Waals surface area (Å²) in [7, 11) is 1.53. The molecule has 19 heavy (non-hydrogen) atoms. The molecule has 2 rings (SSSR count). The maximum Gasteiger partial charge on any atom is 0.405 e. The van der Waals surface area contributed by atoms with E-state index in [0.29, 0.717) is 5.02 Å². The molecule has 0 aliphatic heterocycles. The maximum absolute atomic E-state index is 11.0. The van der Waals surface area contributed by atoms with Crippen molar-refractivity contribution in [1.29, 1.82) is 0 Å². The van der Waals surface area contributed by atoms with E-state index in [1.54, 1.807) is 6.07 Å². The summed E-state index contributed by atoms with van der Waals surface area (Å²) >= 11 is 6.20. The largest absolute Gasteiger partial charge is 0.465 e. The van der Waals surface area contributed by atoms with Gasteiger partial charge in [-0.05, 0) is 30.0 Å². The second-order valence-corrected chi connectivity index (χ2v) is 4.80. The van der Waals surface area contributed by atoms with Crippen molar-refractivity contribution in [3.63, 3.8) is 0 Å². The standard InChI is InChI=1S/C13H16ClNO4/c1-18-7-19-10-6-5-8-3-2-4-9(14)11(8)12(10)15-13(16)17/h2-4,10,12,15H,5-7H2,1H3,(H,16,17)/t10-,12-/m1/s1. The monoisotopic (exact) mass is 285 g/mol. The Morgan fingerprint density at radius 2 is 2.37 bits per heavy atom. The van der Waals surface area contributed by atoms with E-state index >= 15 is 0 Å². The summed E-state index contributed by atoms with van der Waals surface area (Å²) in [5.74, 6) is 0. The zero-order valence-corrected chi connectivity index (χ0v) is 11.3. The van der Waals surface area contributed by atoms with Gasteiger partial charge in [0.05, 0.1) is 12.1 Å². The summed E-state index contributed by atoms with van der Waals surface area (Å²) in [6.07, 6.45) is 0.163. The lowest BCUT2D eigenvalue weighted by molar-refractivity contribution is -0.0877. The van der Waals surface area contributed by atoms with Gasteiger partial charge >= 0.3 is 6.09 Å². The Kier molecular flexibility index (Phi) is 4.63. The molecule has 0 unspecified atom stereocenters. The predicted octanol–water partition coefficient (Wildman–Crippen LogP) is 2.58. The molecule has 1 aromatic rings. The fraction of sp³-hybridized carbons (Fsp3) is 0.462. The summed E-state index contributed by atoms with van der Waals surface area (Å²) in [4.78, 5) is 11.0. The lowest BCUT2D eigenvalue weighted by Crippen LogP contribution is -2.40. The number of hydrogen-bond donors (Lipinski definition) is 2. The molecule has 1 aromatic carbocycles. The number of amides is 1. The molecule has 5 nitrogen and oxygen atoms in total. The number of methoxy groups -OCH3 is 1. The van der Waals surface area contributed by atoms with Gasteiger partial charge in [-0.25, -0.2) is 4.79 Å². The predicted molar refractivity (Wildman–Crippen MR) is 70.4 cm³/mol. The number of benzene rings is 1. The smallest absolute Gasteiger partial charge is 0.405 e. The molecule has 1 aliphatic carbocycles. The lowest BCUT2D eigenvalue weighted by atomic mass is 9.85. The van der Waals surface area contributed by atoms with Gasteiger partial charge in [0, 0.05) is 12.1 Å². The van der Waals surface area contributed by atoms with Crippen molar-refractivity contribution in [1.82, 2.24) is 5.32 Å². The quantitative estimate of drug-likeness (QED) is 0.835. The van der Waals surface area contributed by atoms with Gasteiger partial charge in [0.25, 0.3) is 0 Å². The third kappa shape index (κ3) is 3.18. The van der Waals surface area contributed by atoms with Gasteiger partial charge in [-0.1, -0.05) is 23.7 Å². The van der Waals surface area contributed by atoms with Crippen LogP contribution in [0, 0.1) is 0 Å². The molecule has 104 valence electrons. The van der Waals surface area contributed by atoms with Crippen LogP contribution in [0.2, 0.25) is 5.02 Å². The van der Waals surface area contributed by atoms with Crippen molar-refractivity contribution in [3.05, 3.63) is 34.3 Å². The second-order valence-electron chi connectivity index (χ2n) is 4.39. The fourth-order valence-electron chi connectivity index (χ4n) is 2.43. The Bertz CT molecular complexity index is 466. The van der Waals surface area contributed by atoms with E-state index in [9.17, 15) is 4.79 Å². The van der Waals surface area contributed by atoms with Gasteiger partial charge < -0.3 is 19.9 Å². The Balaban J connectivity index is 2.31. The molecule has 1 amide bonds. The first-order chi connectivity index (χ1) is 9.13. The first kappa shape index (κ1) is 14.1. The van der Waals surface area contributed by atoms with E-state index < -0.39 is 12.1 Å². The molecule has 1 aliphatic rings. The molecule has 2 N–H and O–H groups in total. The number of halogens is 1. The molecule has 2 atom stereocenters. The van der Waals surface area contributed by atoms with Crippen LogP contribution in [-0.2, 0) is 15.9 Å². The number of nitrogens with one attached hydrogen (secondary N) is 1. The number of ether oxygens (including phenoxy) is 2. The normalized spacial score (nSPS) is 21.8. The maximum atomic E-state index is 11.0. The average Bonchev–Trinajstić information content (AvgIpc) is 2.37. The minimum Gasteiger partial charge on any atom is -0.465 e. The van der Waals surface area contributed by atoms with E-state index in [0.717, 1.165) is 24.0 Å². The number of aryl methyl sites for hydroxylation is 1. The van der Waals surface area contributed by atoms with Gasteiger partial charge in [0.2, 0.25) is 0 Å². The molecular weight excluding hydrogens is 270 g/mol. The molecule has 0 saturated carbocycles. The van der Waals surface area contributed by atoms with E-state index in [4.69, 9.17) is 26.2 Å². The summed E-state index contributed by atoms with van der Waals surface area (Å²) in [6, 6.07) is 5.12. The van der Waals surface area contributed by atoms with E-state index in [1.807, 2.05) is 12.1 Å². The van der Waals surface area contributed by atoms with Crippen molar-refractivity contribution in [2.24, 2.45) is 0 Å². The number of hydrogen-bond acceptors (Lipinski definition) is 3. The number of carboxylic acid groups (broad SMARTS) is 1. The van der Waals surface area contributed by atoms with Crippen LogP contribution < -0.4 is 5.32 Å². The number of carbonyl (C=O) groups is 1. The molecule has 0 aromatic heterocycles. The van der Waals surface area contributed by atoms with Crippen molar-refractivity contribution < 1.29 is 19.4 Å². The molecule has 0 spiro atoms. The highest BCUT2D eigenvalue weighted by atomic mass is 35.5. The van der Waals surface area contributed by atoms with Crippen LogP contribution in [0.3, 0.4) is 0 Å². The molecular formula is C13H16ClNO4. The molecule has 0 saturated heterocycles. The minimum absolute atomic E-state index is 0.127. The first-order valence-electron chi connectivity index (χ1n) is 6.00. The number of fused-ring (bicyclic) bond motifs is 1.